The summed E-state index contributed by atoms with van der Waals surface area (Å²) in [6, 6.07) is 11.4. The second kappa shape index (κ2) is 10.3. The monoisotopic (exact) mass is 343 g/mol. The Kier molecular flexibility index (Phi) is 7.72. The maximum Gasteiger partial charge on any atom is 0.252 e. The molecule has 0 radical (unpaired) electrons. The molecular formula is C19H25N3O3. The van der Waals surface area contributed by atoms with Crippen LogP contribution in [0.15, 0.2) is 42.6 Å². The molecule has 0 aliphatic carbocycles. The number of pyridine rings is 1. The summed E-state index contributed by atoms with van der Waals surface area (Å²) in [6.07, 6.45) is 3.26. The van der Waals surface area contributed by atoms with Crippen molar-refractivity contribution in [2.24, 2.45) is 0 Å². The number of methoxy groups -OCH3 is 2. The minimum absolute atomic E-state index is 0.119. The average molecular weight is 343 g/mol. The maximum atomic E-state index is 12.1. The van der Waals surface area contributed by atoms with Gasteiger partial charge in [0.2, 0.25) is 0 Å². The molecule has 0 fully saturated rings. The highest BCUT2D eigenvalue weighted by molar-refractivity contribution is 5.94. The van der Waals surface area contributed by atoms with Crippen molar-refractivity contribution >= 4 is 11.7 Å². The predicted octanol–water partition coefficient (Wildman–Crippen LogP) is 2.51. The van der Waals surface area contributed by atoms with E-state index in [1.807, 2.05) is 30.3 Å². The molecule has 2 aromatic rings. The van der Waals surface area contributed by atoms with Crippen LogP contribution in [0.5, 0.6) is 5.75 Å². The first-order valence-corrected chi connectivity index (χ1v) is 8.33. The Hall–Kier alpha value is -2.60. The largest absolute Gasteiger partial charge is 0.497 e. The highest BCUT2D eigenvalue weighted by Crippen LogP contribution is 2.11. The summed E-state index contributed by atoms with van der Waals surface area (Å²) in [4.78, 5) is 16.4. The first kappa shape index (κ1) is 18.7. The SMILES string of the molecule is COCCCNc1ccc(C(=O)NCCc2ccc(OC)cc2)cn1. The number of hydrogen-bond acceptors (Lipinski definition) is 5. The Morgan fingerprint density at radius 3 is 2.52 bits per heavy atom. The highest BCUT2D eigenvalue weighted by atomic mass is 16.5. The molecule has 0 spiro atoms. The smallest absolute Gasteiger partial charge is 0.252 e. The van der Waals surface area contributed by atoms with Gasteiger partial charge in [-0.05, 0) is 42.7 Å². The molecule has 2 rings (SSSR count). The quantitative estimate of drug-likeness (QED) is 0.649. The zero-order chi connectivity index (χ0) is 17.9. The van der Waals surface area contributed by atoms with Crippen LogP contribution in [0.1, 0.15) is 22.3 Å². The van der Waals surface area contributed by atoms with Gasteiger partial charge >= 0.3 is 0 Å². The summed E-state index contributed by atoms with van der Waals surface area (Å²) in [5, 5.41) is 6.09. The number of nitrogens with zero attached hydrogens (tertiary/aromatic N) is 1. The number of aromatic nitrogens is 1. The Labute approximate surface area is 148 Å². The number of ether oxygens (including phenoxy) is 2. The van der Waals surface area contributed by atoms with Crippen molar-refractivity contribution in [3.63, 3.8) is 0 Å². The van der Waals surface area contributed by atoms with Crippen LogP contribution in [0, 0.1) is 0 Å². The molecular weight excluding hydrogens is 318 g/mol. The van der Waals surface area contributed by atoms with Crippen molar-refractivity contribution in [1.29, 1.82) is 0 Å². The van der Waals surface area contributed by atoms with E-state index < -0.39 is 0 Å². The first-order chi connectivity index (χ1) is 12.2. The van der Waals surface area contributed by atoms with Crippen molar-refractivity contribution in [2.75, 3.05) is 39.2 Å². The van der Waals surface area contributed by atoms with Gasteiger partial charge in [0.15, 0.2) is 0 Å². The molecule has 0 bridgehead atoms. The minimum Gasteiger partial charge on any atom is -0.497 e. The molecule has 25 heavy (non-hydrogen) atoms. The summed E-state index contributed by atoms with van der Waals surface area (Å²) in [5.74, 6) is 1.47. The molecule has 0 saturated heterocycles. The van der Waals surface area contributed by atoms with Crippen LogP contribution >= 0.6 is 0 Å². The lowest BCUT2D eigenvalue weighted by atomic mass is 10.1. The summed E-state index contributed by atoms with van der Waals surface area (Å²) >= 11 is 0. The fourth-order valence-electron chi connectivity index (χ4n) is 2.28. The molecule has 0 aliphatic rings. The van der Waals surface area contributed by atoms with Gasteiger partial charge in [-0.1, -0.05) is 12.1 Å². The Morgan fingerprint density at radius 1 is 1.08 bits per heavy atom. The predicted molar refractivity (Wildman–Crippen MR) is 98.3 cm³/mol. The van der Waals surface area contributed by atoms with Crippen LogP contribution in [-0.2, 0) is 11.2 Å². The zero-order valence-corrected chi connectivity index (χ0v) is 14.7. The van der Waals surface area contributed by atoms with Gasteiger partial charge in [-0.3, -0.25) is 4.79 Å². The van der Waals surface area contributed by atoms with Gasteiger partial charge in [-0.25, -0.2) is 4.98 Å². The van der Waals surface area contributed by atoms with Gasteiger partial charge < -0.3 is 20.1 Å². The van der Waals surface area contributed by atoms with Crippen molar-refractivity contribution in [1.82, 2.24) is 10.3 Å². The molecule has 0 unspecified atom stereocenters. The van der Waals surface area contributed by atoms with E-state index in [-0.39, 0.29) is 5.91 Å². The number of carbonyl (C=O) groups is 1. The van der Waals surface area contributed by atoms with E-state index in [0.29, 0.717) is 18.7 Å². The van der Waals surface area contributed by atoms with Crippen molar-refractivity contribution < 1.29 is 14.3 Å². The molecule has 1 aromatic heterocycles. The lowest BCUT2D eigenvalue weighted by Gasteiger charge is -2.08. The Bertz CT molecular complexity index is 642. The van der Waals surface area contributed by atoms with Crippen LogP contribution in [0.3, 0.4) is 0 Å². The molecule has 1 heterocycles. The summed E-state index contributed by atoms with van der Waals surface area (Å²) in [6.45, 7) is 2.07. The number of amides is 1. The van der Waals surface area contributed by atoms with E-state index in [1.165, 1.54) is 0 Å². The molecule has 0 aliphatic heterocycles. The van der Waals surface area contributed by atoms with Crippen molar-refractivity contribution in [2.45, 2.75) is 12.8 Å². The van der Waals surface area contributed by atoms with Gasteiger partial charge in [0.1, 0.15) is 11.6 Å². The molecule has 1 aromatic carbocycles. The average Bonchev–Trinajstić information content (AvgIpc) is 2.66. The Morgan fingerprint density at radius 2 is 1.88 bits per heavy atom. The normalized spacial score (nSPS) is 10.3. The van der Waals surface area contributed by atoms with E-state index in [2.05, 4.69) is 15.6 Å². The maximum absolute atomic E-state index is 12.1. The van der Waals surface area contributed by atoms with E-state index in [4.69, 9.17) is 9.47 Å². The van der Waals surface area contributed by atoms with Crippen LogP contribution in [0.25, 0.3) is 0 Å². The molecule has 6 nitrogen and oxygen atoms in total. The number of hydrogen-bond donors (Lipinski definition) is 2. The summed E-state index contributed by atoms with van der Waals surface area (Å²) in [5.41, 5.74) is 1.70. The summed E-state index contributed by atoms with van der Waals surface area (Å²) in [7, 11) is 3.32. The topological polar surface area (TPSA) is 72.5 Å². The molecule has 0 saturated carbocycles. The highest BCUT2D eigenvalue weighted by Gasteiger charge is 2.06. The molecule has 0 atom stereocenters. The van der Waals surface area contributed by atoms with Gasteiger partial charge in [0.05, 0.1) is 12.7 Å². The lowest BCUT2D eigenvalue weighted by Crippen LogP contribution is -2.25. The number of benzene rings is 1. The number of anilines is 1. The molecule has 6 heteroatoms. The Balaban J connectivity index is 1.74. The fourth-order valence-corrected chi connectivity index (χ4v) is 2.28. The van der Waals surface area contributed by atoms with Crippen LogP contribution < -0.4 is 15.4 Å². The van der Waals surface area contributed by atoms with E-state index in [9.17, 15) is 4.79 Å². The summed E-state index contributed by atoms with van der Waals surface area (Å²) < 4.78 is 10.1. The van der Waals surface area contributed by atoms with Gasteiger partial charge in [0.25, 0.3) is 5.91 Å². The fraction of sp³-hybridized carbons (Fsp3) is 0.368. The lowest BCUT2D eigenvalue weighted by molar-refractivity contribution is 0.0954. The van der Waals surface area contributed by atoms with Crippen molar-refractivity contribution in [3.8, 4) is 5.75 Å². The second-order valence-electron chi connectivity index (χ2n) is 5.56. The van der Waals surface area contributed by atoms with E-state index >= 15 is 0 Å². The molecule has 2 N–H and O–H groups in total. The van der Waals surface area contributed by atoms with E-state index in [0.717, 1.165) is 36.5 Å². The first-order valence-electron chi connectivity index (χ1n) is 8.33. The third-order valence-corrected chi connectivity index (χ3v) is 3.72. The zero-order valence-electron chi connectivity index (χ0n) is 14.7. The molecule has 1 amide bonds. The second-order valence-corrected chi connectivity index (χ2v) is 5.56. The standard InChI is InChI=1S/C19H25N3O3/c1-24-13-3-11-20-18-9-6-16(14-22-18)19(23)21-12-10-15-4-7-17(25-2)8-5-15/h4-9,14H,3,10-13H2,1-2H3,(H,20,22)(H,21,23). The molecule has 134 valence electrons. The van der Waals surface area contributed by atoms with Gasteiger partial charge in [0, 0.05) is 33.0 Å². The third kappa shape index (κ3) is 6.43. The number of rotatable bonds is 10. The van der Waals surface area contributed by atoms with Crippen LogP contribution in [0.2, 0.25) is 0 Å². The van der Waals surface area contributed by atoms with Crippen LogP contribution in [-0.4, -0.2) is 44.8 Å². The van der Waals surface area contributed by atoms with E-state index in [1.54, 1.807) is 26.5 Å². The minimum atomic E-state index is -0.119. The van der Waals surface area contributed by atoms with Crippen molar-refractivity contribution in [3.05, 3.63) is 53.7 Å². The van der Waals surface area contributed by atoms with Gasteiger partial charge in [-0.15, -0.1) is 0 Å². The van der Waals surface area contributed by atoms with Gasteiger partial charge in [-0.2, -0.15) is 0 Å². The number of carbonyl (C=O) groups excluding carboxylic acids is 1. The number of nitrogens with one attached hydrogen (secondary N) is 2. The third-order valence-electron chi connectivity index (χ3n) is 3.72. The van der Waals surface area contributed by atoms with Crippen LogP contribution in [0.4, 0.5) is 5.82 Å².